The molecule has 35 heavy (non-hydrogen) atoms. The van der Waals surface area contributed by atoms with Gasteiger partial charge in [0.15, 0.2) is 0 Å². The standard InChI is InChI=1S/C26H30N2O5SSe/c1-33-18-3-5-23-21(14-18)20(8-10-27-23)24(30)6-2-17-9-11-28(15-22(17)26(31)32)12-13-34-25-7-4-19(16-29)35-25/h3-5,7-8,10,14,16-17,22,24,30H,2,6,9,11-13,15H2,1H3,(H,31,32)/t17-,22+,24-/m1/s1. The summed E-state index contributed by atoms with van der Waals surface area (Å²) in [6.07, 6.45) is 3.90. The van der Waals surface area contributed by atoms with Crippen LogP contribution in [0.1, 0.15) is 40.2 Å². The number of aromatic nitrogens is 1. The minimum Gasteiger partial charge on any atom is -0.0102 e. The maximum Gasteiger partial charge on any atom is 0.00964 e. The first-order valence-electron chi connectivity index (χ1n) is 11.7. The molecule has 1 fully saturated rings. The van der Waals surface area contributed by atoms with Crippen molar-refractivity contribution in [1.29, 1.82) is 0 Å². The molecule has 1 aromatic carbocycles. The zero-order valence-corrected chi connectivity index (χ0v) is 22.2. The number of rotatable bonds is 11. The number of likely N-dealkylation sites (tertiary alicyclic amines) is 1. The Morgan fingerprint density at radius 1 is 1.34 bits per heavy atom. The van der Waals surface area contributed by atoms with Crippen LogP contribution in [-0.2, 0) is 4.79 Å². The van der Waals surface area contributed by atoms with Crippen molar-refractivity contribution in [1.82, 2.24) is 9.88 Å². The number of carboxylic acids is 1. The third kappa shape index (κ3) is 6.54. The molecule has 4 rings (SSSR count). The summed E-state index contributed by atoms with van der Waals surface area (Å²) < 4.78 is 7.45. The van der Waals surface area contributed by atoms with Crippen molar-refractivity contribution in [3.8, 4) is 5.75 Å². The van der Waals surface area contributed by atoms with Crippen molar-refractivity contribution in [3.63, 3.8) is 0 Å². The van der Waals surface area contributed by atoms with Gasteiger partial charge in [-0.1, -0.05) is 0 Å². The van der Waals surface area contributed by atoms with Gasteiger partial charge in [-0.15, -0.1) is 0 Å². The molecule has 9 heteroatoms. The number of piperidine rings is 1. The zero-order valence-electron chi connectivity index (χ0n) is 19.6. The first kappa shape index (κ1) is 25.9. The number of pyridine rings is 1. The van der Waals surface area contributed by atoms with Crippen LogP contribution in [0.2, 0.25) is 0 Å². The van der Waals surface area contributed by atoms with E-state index < -0.39 is 18.0 Å². The summed E-state index contributed by atoms with van der Waals surface area (Å²) in [4.78, 5) is 29.6. The molecular formula is C26H30N2O5SSe. The van der Waals surface area contributed by atoms with Crippen LogP contribution in [0.15, 0.2) is 46.4 Å². The van der Waals surface area contributed by atoms with Crippen LogP contribution >= 0.6 is 11.8 Å². The summed E-state index contributed by atoms with van der Waals surface area (Å²) >= 11 is 1.88. The van der Waals surface area contributed by atoms with Crippen LogP contribution in [0.3, 0.4) is 0 Å². The number of hydrogen-bond donors (Lipinski definition) is 2. The number of methoxy groups -OCH3 is 1. The number of thioether (sulfide) groups is 1. The number of carbonyl (C=O) groups excluding carboxylic acids is 1. The van der Waals surface area contributed by atoms with E-state index >= 15 is 0 Å². The van der Waals surface area contributed by atoms with E-state index in [1.807, 2.05) is 36.4 Å². The van der Waals surface area contributed by atoms with Crippen LogP contribution in [0.4, 0.5) is 0 Å². The van der Waals surface area contributed by atoms with Crippen LogP contribution in [0.5, 0.6) is 5.75 Å². The van der Waals surface area contributed by atoms with E-state index in [1.54, 1.807) is 25.1 Å². The number of hydrogen-bond acceptors (Lipinski definition) is 7. The molecule has 1 aliphatic rings. The van der Waals surface area contributed by atoms with Crippen molar-refractivity contribution < 1.29 is 24.5 Å². The van der Waals surface area contributed by atoms with Crippen LogP contribution in [0.25, 0.3) is 10.9 Å². The molecule has 1 aliphatic heterocycles. The first-order chi connectivity index (χ1) is 17.0. The molecule has 0 radical (unpaired) electrons. The number of benzene rings is 1. The van der Waals surface area contributed by atoms with Crippen molar-refractivity contribution >= 4 is 49.4 Å². The predicted octanol–water partition coefficient (Wildman–Crippen LogP) is 3.74. The van der Waals surface area contributed by atoms with Crippen LogP contribution < -0.4 is 4.74 Å². The fourth-order valence-electron chi connectivity index (χ4n) is 4.74. The van der Waals surface area contributed by atoms with Gasteiger partial charge >= 0.3 is 152 Å². The normalized spacial score (nSPS) is 19.5. The van der Waals surface area contributed by atoms with Crippen molar-refractivity contribution in [2.24, 2.45) is 11.8 Å². The van der Waals surface area contributed by atoms with Gasteiger partial charge in [0.1, 0.15) is 5.75 Å². The third-order valence-corrected chi connectivity index (χ3v) is 10.4. The molecule has 0 amide bonds. The molecule has 0 saturated carbocycles. The van der Waals surface area contributed by atoms with Gasteiger partial charge in [0.2, 0.25) is 0 Å². The Hall–Kier alpha value is -2.16. The molecular weight excluding hydrogens is 531 g/mol. The number of carbonyl (C=O) groups is 2. The minimum atomic E-state index is -0.761. The molecule has 2 aromatic heterocycles. The SMILES string of the molecule is COc1ccc2nccc([C@H](O)CC[C@@H]3CCN(CCSc4ccc(C=O)[se]4)C[C@@H]3C(=O)O)c2c1. The van der Waals surface area contributed by atoms with E-state index in [-0.39, 0.29) is 20.4 Å². The maximum absolute atomic E-state index is 12.1. The quantitative estimate of drug-likeness (QED) is 0.208. The Labute approximate surface area is 215 Å². The number of ether oxygens (including phenoxy) is 1. The maximum atomic E-state index is 12.1. The van der Waals surface area contributed by atoms with E-state index in [0.29, 0.717) is 25.1 Å². The molecule has 1 saturated heterocycles. The number of nitrogens with zero attached hydrogens (tertiary/aromatic N) is 2. The van der Waals surface area contributed by atoms with Crippen molar-refractivity contribution in [3.05, 3.63) is 52.6 Å². The summed E-state index contributed by atoms with van der Waals surface area (Å²) in [6.45, 7) is 2.23. The van der Waals surface area contributed by atoms with E-state index in [1.165, 1.54) is 3.77 Å². The molecule has 0 spiro atoms. The van der Waals surface area contributed by atoms with E-state index in [2.05, 4.69) is 9.88 Å². The summed E-state index contributed by atoms with van der Waals surface area (Å²) in [5.41, 5.74) is 1.59. The summed E-state index contributed by atoms with van der Waals surface area (Å²) in [5.74, 6) is 0.438. The molecule has 3 atom stereocenters. The zero-order chi connectivity index (χ0) is 24.8. The second kappa shape index (κ2) is 12.2. The topological polar surface area (TPSA) is 100.0 Å². The number of carboxylic acid groups (broad SMARTS) is 1. The Bertz CT molecular complexity index is 1170. The Morgan fingerprint density at radius 2 is 2.20 bits per heavy atom. The minimum absolute atomic E-state index is 0.0360. The van der Waals surface area contributed by atoms with Crippen molar-refractivity contribution in [2.45, 2.75) is 29.1 Å². The average Bonchev–Trinajstić information content (AvgIpc) is 3.34. The average molecular weight is 562 g/mol. The van der Waals surface area contributed by atoms with Crippen molar-refractivity contribution in [2.75, 3.05) is 32.5 Å². The summed E-state index contributed by atoms with van der Waals surface area (Å²) in [5, 5.41) is 21.7. The molecule has 0 bridgehead atoms. The van der Waals surface area contributed by atoms with E-state index in [0.717, 1.165) is 52.5 Å². The number of aliphatic hydroxyl groups is 1. The van der Waals surface area contributed by atoms with E-state index in [9.17, 15) is 19.8 Å². The van der Waals surface area contributed by atoms with Gasteiger partial charge in [0.25, 0.3) is 0 Å². The molecule has 3 heterocycles. The Balaban J connectivity index is 1.32. The molecule has 0 aliphatic carbocycles. The summed E-state index contributed by atoms with van der Waals surface area (Å²) in [7, 11) is 1.61. The van der Waals surface area contributed by atoms with Gasteiger partial charge in [-0.2, -0.15) is 0 Å². The largest absolute Gasteiger partial charge is 0.0102 e. The Morgan fingerprint density at radius 3 is 2.94 bits per heavy atom. The number of aldehydes is 1. The van der Waals surface area contributed by atoms with Gasteiger partial charge in [0.05, 0.1) is 12.6 Å². The number of aliphatic hydroxyl groups excluding tert-OH is 1. The molecule has 186 valence electrons. The Kier molecular flexibility index (Phi) is 9.03. The van der Waals surface area contributed by atoms with Gasteiger partial charge < -0.3 is 4.74 Å². The fraction of sp³-hybridized carbons (Fsp3) is 0.423. The second-order valence-corrected chi connectivity index (χ2v) is 12.9. The summed E-state index contributed by atoms with van der Waals surface area (Å²) in [6, 6.07) is 11.3. The van der Waals surface area contributed by atoms with Gasteiger partial charge in [0, 0.05) is 11.6 Å². The van der Waals surface area contributed by atoms with Crippen LogP contribution in [-0.4, -0.2) is 79.4 Å². The first-order valence-corrected chi connectivity index (χ1v) is 14.4. The van der Waals surface area contributed by atoms with Gasteiger partial charge in [-0.3, -0.25) is 4.98 Å². The van der Waals surface area contributed by atoms with Crippen LogP contribution in [0, 0.1) is 11.8 Å². The molecule has 3 aromatic rings. The molecule has 0 unspecified atom stereocenters. The van der Waals surface area contributed by atoms with Gasteiger partial charge in [-0.05, 0) is 24.3 Å². The predicted molar refractivity (Wildman–Crippen MR) is 138 cm³/mol. The smallest absolute Gasteiger partial charge is 0.00964 e. The molecule has 7 nitrogen and oxygen atoms in total. The number of aliphatic carboxylic acids is 1. The number of fused-ring (bicyclic) bond motifs is 1. The second-order valence-electron chi connectivity index (χ2n) is 8.79. The molecule has 2 N–H and O–H groups in total. The monoisotopic (exact) mass is 562 g/mol. The van der Waals surface area contributed by atoms with Gasteiger partial charge in [-0.25, -0.2) is 0 Å². The van der Waals surface area contributed by atoms with E-state index in [4.69, 9.17) is 4.74 Å². The fourth-order valence-corrected chi connectivity index (χ4v) is 8.07. The third-order valence-electron chi connectivity index (χ3n) is 6.68.